The lowest BCUT2D eigenvalue weighted by molar-refractivity contribution is -0.149. The minimum absolute atomic E-state index is 0.206. The number of aromatic nitrogens is 1. The molecule has 0 aliphatic carbocycles. The molecule has 3 heterocycles. The number of aryl methyl sites for hydroxylation is 1. The molecule has 140 valence electrons. The van der Waals surface area contributed by atoms with Crippen molar-refractivity contribution in [3.8, 4) is 0 Å². The van der Waals surface area contributed by atoms with Crippen LogP contribution in [-0.2, 0) is 9.53 Å². The van der Waals surface area contributed by atoms with Crippen LogP contribution in [-0.4, -0.2) is 41.5 Å². The number of ether oxygens (including phenoxy) is 1. The van der Waals surface area contributed by atoms with Gasteiger partial charge in [0.15, 0.2) is 5.76 Å². The highest BCUT2D eigenvalue weighted by molar-refractivity contribution is 5.98. The first-order valence-corrected chi connectivity index (χ1v) is 9.32. The maximum Gasteiger partial charge on any atom is 0.310 e. The fourth-order valence-corrected chi connectivity index (χ4v) is 3.61. The standard InChI is InChI=1S/C21H22N2O4/c1-3-26-21(25)15-5-4-8-23(12-15)20(24)18-11-16-10-14-7-6-13(2)9-17(14)22-19(16)27-18/h6-7,9-11,15H,3-5,8,12H2,1-2H3. The number of likely N-dealkylation sites (tertiary alicyclic amines) is 1. The topological polar surface area (TPSA) is 72.6 Å². The summed E-state index contributed by atoms with van der Waals surface area (Å²) in [6, 6.07) is 9.76. The first-order valence-electron chi connectivity index (χ1n) is 9.32. The molecule has 1 atom stereocenters. The number of amides is 1. The van der Waals surface area contributed by atoms with Crippen molar-refractivity contribution in [3.63, 3.8) is 0 Å². The van der Waals surface area contributed by atoms with Crippen molar-refractivity contribution >= 4 is 33.9 Å². The molecule has 1 aliphatic heterocycles. The number of benzene rings is 1. The summed E-state index contributed by atoms with van der Waals surface area (Å²) < 4.78 is 10.9. The minimum atomic E-state index is -0.268. The molecule has 2 aromatic heterocycles. The molecule has 1 fully saturated rings. The Labute approximate surface area is 157 Å². The normalized spacial score (nSPS) is 17.4. The molecule has 27 heavy (non-hydrogen) atoms. The van der Waals surface area contributed by atoms with Crippen molar-refractivity contribution < 1.29 is 18.7 Å². The Kier molecular flexibility index (Phi) is 4.56. The molecule has 6 nitrogen and oxygen atoms in total. The number of pyridine rings is 1. The van der Waals surface area contributed by atoms with E-state index in [4.69, 9.17) is 9.15 Å². The highest BCUT2D eigenvalue weighted by Gasteiger charge is 2.31. The Hall–Kier alpha value is -2.89. The van der Waals surface area contributed by atoms with Crippen molar-refractivity contribution in [1.29, 1.82) is 0 Å². The molecule has 0 radical (unpaired) electrons. The van der Waals surface area contributed by atoms with Gasteiger partial charge in [-0.15, -0.1) is 0 Å². The summed E-state index contributed by atoms with van der Waals surface area (Å²) in [5.74, 6) is -0.449. The molecular weight excluding hydrogens is 344 g/mol. The molecule has 0 N–H and O–H groups in total. The molecule has 3 aromatic rings. The fraction of sp³-hybridized carbons (Fsp3) is 0.381. The number of rotatable bonds is 3. The van der Waals surface area contributed by atoms with Crippen molar-refractivity contribution in [2.24, 2.45) is 5.92 Å². The maximum absolute atomic E-state index is 12.9. The van der Waals surface area contributed by atoms with Crippen LogP contribution in [0.25, 0.3) is 22.0 Å². The molecule has 1 aromatic carbocycles. The van der Waals surface area contributed by atoms with E-state index in [1.807, 2.05) is 31.2 Å². The summed E-state index contributed by atoms with van der Waals surface area (Å²) in [5, 5.41) is 1.81. The Bertz CT molecular complexity index is 1020. The zero-order valence-corrected chi connectivity index (χ0v) is 15.5. The van der Waals surface area contributed by atoms with E-state index in [0.717, 1.165) is 34.7 Å². The molecule has 1 unspecified atom stereocenters. The van der Waals surface area contributed by atoms with Crippen LogP contribution in [0.15, 0.2) is 34.7 Å². The van der Waals surface area contributed by atoms with Gasteiger partial charge in [0.2, 0.25) is 5.71 Å². The van der Waals surface area contributed by atoms with Crippen LogP contribution in [0.3, 0.4) is 0 Å². The lowest BCUT2D eigenvalue weighted by Crippen LogP contribution is -2.42. The molecule has 1 saturated heterocycles. The van der Waals surface area contributed by atoms with E-state index in [0.29, 0.717) is 25.4 Å². The van der Waals surface area contributed by atoms with E-state index in [1.54, 1.807) is 17.9 Å². The van der Waals surface area contributed by atoms with Gasteiger partial charge in [0.05, 0.1) is 18.0 Å². The van der Waals surface area contributed by atoms with Gasteiger partial charge < -0.3 is 14.1 Å². The second kappa shape index (κ2) is 7.02. The zero-order chi connectivity index (χ0) is 19.0. The molecule has 1 aliphatic rings. The average Bonchev–Trinajstić information content (AvgIpc) is 3.08. The minimum Gasteiger partial charge on any atom is -0.466 e. The number of furan rings is 1. The van der Waals surface area contributed by atoms with E-state index in [9.17, 15) is 9.59 Å². The van der Waals surface area contributed by atoms with Gasteiger partial charge in [0.25, 0.3) is 5.91 Å². The highest BCUT2D eigenvalue weighted by Crippen LogP contribution is 2.26. The van der Waals surface area contributed by atoms with E-state index in [-0.39, 0.29) is 23.6 Å². The van der Waals surface area contributed by atoms with Crippen molar-refractivity contribution in [2.75, 3.05) is 19.7 Å². The smallest absolute Gasteiger partial charge is 0.310 e. The molecule has 4 rings (SSSR count). The number of esters is 1. The Morgan fingerprint density at radius 2 is 2.11 bits per heavy atom. The number of fused-ring (bicyclic) bond motifs is 2. The number of nitrogens with zero attached hydrogens (tertiary/aromatic N) is 2. The van der Waals surface area contributed by atoms with Gasteiger partial charge in [-0.25, -0.2) is 4.98 Å². The predicted octanol–water partition coefficient (Wildman–Crippen LogP) is 3.70. The SMILES string of the molecule is CCOC(=O)C1CCCN(C(=O)c2cc3cc4ccc(C)cc4nc3o2)C1. The summed E-state index contributed by atoms with van der Waals surface area (Å²) >= 11 is 0. The highest BCUT2D eigenvalue weighted by atomic mass is 16.5. The third-order valence-corrected chi connectivity index (χ3v) is 5.00. The third-order valence-electron chi connectivity index (χ3n) is 5.00. The monoisotopic (exact) mass is 366 g/mol. The van der Waals surface area contributed by atoms with Gasteiger partial charge in [-0.3, -0.25) is 9.59 Å². The fourth-order valence-electron chi connectivity index (χ4n) is 3.61. The number of hydrogen-bond acceptors (Lipinski definition) is 5. The third kappa shape index (κ3) is 3.39. The second-order valence-electron chi connectivity index (χ2n) is 7.03. The van der Waals surface area contributed by atoms with Crippen molar-refractivity contribution in [3.05, 3.63) is 41.7 Å². The maximum atomic E-state index is 12.9. The first-order chi connectivity index (χ1) is 13.0. The van der Waals surface area contributed by atoms with Crippen molar-refractivity contribution in [1.82, 2.24) is 9.88 Å². The first kappa shape index (κ1) is 17.5. The summed E-state index contributed by atoms with van der Waals surface area (Å²) in [5.41, 5.74) is 2.42. The van der Waals surface area contributed by atoms with Crippen molar-refractivity contribution in [2.45, 2.75) is 26.7 Å². The average molecular weight is 366 g/mol. The lowest BCUT2D eigenvalue weighted by Gasteiger charge is -2.30. The van der Waals surface area contributed by atoms with Crippen LogP contribution in [0, 0.1) is 12.8 Å². The van der Waals surface area contributed by atoms with Crippen LogP contribution < -0.4 is 0 Å². The van der Waals surface area contributed by atoms with Crippen LogP contribution in [0.2, 0.25) is 0 Å². The number of hydrogen-bond donors (Lipinski definition) is 0. The second-order valence-corrected chi connectivity index (χ2v) is 7.03. The number of piperidine rings is 1. The lowest BCUT2D eigenvalue weighted by atomic mass is 9.98. The molecule has 0 saturated carbocycles. The molecular formula is C21H22N2O4. The molecule has 0 spiro atoms. The van der Waals surface area contributed by atoms with E-state index >= 15 is 0 Å². The van der Waals surface area contributed by atoms with Gasteiger partial charge in [-0.2, -0.15) is 0 Å². The van der Waals surface area contributed by atoms with E-state index < -0.39 is 0 Å². The van der Waals surface area contributed by atoms with Crippen LogP contribution in [0.4, 0.5) is 0 Å². The van der Waals surface area contributed by atoms with Crippen LogP contribution >= 0.6 is 0 Å². The summed E-state index contributed by atoms with van der Waals surface area (Å²) in [6.07, 6.45) is 1.52. The van der Waals surface area contributed by atoms with E-state index in [1.165, 1.54) is 0 Å². The Morgan fingerprint density at radius 3 is 2.93 bits per heavy atom. The molecule has 0 bridgehead atoms. The summed E-state index contributed by atoms with van der Waals surface area (Å²) in [4.78, 5) is 31.1. The summed E-state index contributed by atoms with van der Waals surface area (Å²) in [7, 11) is 0. The quantitative estimate of drug-likeness (QED) is 0.661. The zero-order valence-electron chi connectivity index (χ0n) is 15.5. The predicted molar refractivity (Wildman–Crippen MR) is 102 cm³/mol. The number of carbonyl (C=O) groups excluding carboxylic acids is 2. The van der Waals surface area contributed by atoms with Crippen LogP contribution in [0.5, 0.6) is 0 Å². The summed E-state index contributed by atoms with van der Waals surface area (Å²) in [6.45, 7) is 5.13. The Balaban J connectivity index is 1.60. The van der Waals surface area contributed by atoms with Gasteiger partial charge >= 0.3 is 5.97 Å². The van der Waals surface area contributed by atoms with Gasteiger partial charge in [0.1, 0.15) is 0 Å². The number of carbonyl (C=O) groups is 2. The molecule has 1 amide bonds. The van der Waals surface area contributed by atoms with E-state index in [2.05, 4.69) is 4.98 Å². The largest absolute Gasteiger partial charge is 0.466 e. The van der Waals surface area contributed by atoms with Gasteiger partial charge in [0, 0.05) is 23.9 Å². The van der Waals surface area contributed by atoms with Gasteiger partial charge in [-0.05, 0) is 50.5 Å². The van der Waals surface area contributed by atoms with Crippen LogP contribution in [0.1, 0.15) is 35.9 Å². The van der Waals surface area contributed by atoms with Gasteiger partial charge in [-0.1, -0.05) is 12.1 Å². The molecule has 6 heteroatoms. The Morgan fingerprint density at radius 1 is 1.26 bits per heavy atom.